The number of benzene rings is 4. The van der Waals surface area contributed by atoms with E-state index in [2.05, 4.69) is 53.1 Å². The fourth-order valence-corrected chi connectivity index (χ4v) is 5.23. The molecule has 0 aromatic heterocycles. The van der Waals surface area contributed by atoms with Crippen molar-refractivity contribution in [2.75, 3.05) is 31.1 Å². The molecule has 0 spiro atoms. The maximum absolute atomic E-state index is 11.8. The summed E-state index contributed by atoms with van der Waals surface area (Å²) < 4.78 is 5.95. The molecule has 1 unspecified atom stereocenters. The highest BCUT2D eigenvalue weighted by Crippen LogP contribution is 2.36. The SMILES string of the molecule is CC(c1ccccc1-c1ccc(Cl)cc1)N1CCN(c2ccc(C(=O)O)c(Oc3ccccc3Cl)c2)CC1. The number of carbonyl (C=O) groups is 1. The summed E-state index contributed by atoms with van der Waals surface area (Å²) in [6, 6.07) is 29.0. The first-order valence-corrected chi connectivity index (χ1v) is 13.3. The maximum Gasteiger partial charge on any atom is 0.339 e. The van der Waals surface area contributed by atoms with Crippen molar-refractivity contribution < 1.29 is 14.6 Å². The second kappa shape index (κ2) is 11.5. The molecule has 5 rings (SSSR count). The largest absolute Gasteiger partial charge is 0.478 e. The van der Waals surface area contributed by atoms with Crippen LogP contribution < -0.4 is 9.64 Å². The number of carboxylic acid groups (broad SMARTS) is 1. The summed E-state index contributed by atoms with van der Waals surface area (Å²) in [7, 11) is 0. The number of para-hydroxylation sites is 1. The zero-order valence-corrected chi connectivity index (χ0v) is 22.5. The highest BCUT2D eigenvalue weighted by Gasteiger charge is 2.25. The molecule has 0 aliphatic carbocycles. The number of hydrogen-bond acceptors (Lipinski definition) is 4. The van der Waals surface area contributed by atoms with Gasteiger partial charge in [-0.1, -0.05) is 71.7 Å². The summed E-state index contributed by atoms with van der Waals surface area (Å²) in [4.78, 5) is 16.6. The zero-order chi connectivity index (χ0) is 26.6. The quantitative estimate of drug-likeness (QED) is 0.254. The van der Waals surface area contributed by atoms with Crippen molar-refractivity contribution in [1.29, 1.82) is 0 Å². The van der Waals surface area contributed by atoms with Crippen LogP contribution in [0.1, 0.15) is 28.9 Å². The number of rotatable bonds is 7. The number of nitrogens with zero attached hydrogens (tertiary/aromatic N) is 2. The van der Waals surface area contributed by atoms with Gasteiger partial charge in [0.2, 0.25) is 0 Å². The van der Waals surface area contributed by atoms with E-state index < -0.39 is 5.97 Å². The molecule has 0 radical (unpaired) electrons. The number of aromatic carboxylic acids is 1. The van der Waals surface area contributed by atoms with Gasteiger partial charge in [-0.15, -0.1) is 0 Å². The predicted octanol–water partition coefficient (Wildman–Crippen LogP) is 8.03. The second-order valence-corrected chi connectivity index (χ2v) is 10.2. The van der Waals surface area contributed by atoms with Gasteiger partial charge < -0.3 is 14.7 Å². The van der Waals surface area contributed by atoms with E-state index in [1.54, 1.807) is 36.4 Å². The monoisotopic (exact) mass is 546 g/mol. The van der Waals surface area contributed by atoms with Crippen LogP contribution in [0.2, 0.25) is 10.0 Å². The highest BCUT2D eigenvalue weighted by atomic mass is 35.5. The molecule has 1 aliphatic rings. The predicted molar refractivity (Wildman–Crippen MR) is 154 cm³/mol. The van der Waals surface area contributed by atoms with E-state index in [1.807, 2.05) is 18.2 Å². The van der Waals surface area contributed by atoms with Gasteiger partial charge in [0.05, 0.1) is 5.02 Å². The average Bonchev–Trinajstić information content (AvgIpc) is 2.94. The van der Waals surface area contributed by atoms with Gasteiger partial charge in [0.25, 0.3) is 0 Å². The Kier molecular flexibility index (Phi) is 7.89. The lowest BCUT2D eigenvalue weighted by Gasteiger charge is -2.40. The van der Waals surface area contributed by atoms with E-state index in [0.717, 1.165) is 42.5 Å². The third-order valence-corrected chi connectivity index (χ3v) is 7.61. The molecule has 0 amide bonds. The van der Waals surface area contributed by atoms with Crippen molar-refractivity contribution in [2.24, 2.45) is 0 Å². The lowest BCUT2D eigenvalue weighted by molar-refractivity contribution is 0.0694. The third-order valence-electron chi connectivity index (χ3n) is 7.05. The summed E-state index contributed by atoms with van der Waals surface area (Å²) in [5.74, 6) is -0.348. The first-order valence-electron chi connectivity index (χ1n) is 12.5. The Morgan fingerprint density at radius 2 is 1.53 bits per heavy atom. The number of carboxylic acids is 1. The molecule has 4 aromatic carbocycles. The Balaban J connectivity index is 1.32. The summed E-state index contributed by atoms with van der Waals surface area (Å²) in [6.07, 6.45) is 0. The van der Waals surface area contributed by atoms with Gasteiger partial charge in [-0.25, -0.2) is 4.79 Å². The molecule has 38 heavy (non-hydrogen) atoms. The summed E-state index contributed by atoms with van der Waals surface area (Å²) in [5.41, 5.74) is 4.67. The van der Waals surface area contributed by atoms with Crippen LogP contribution in [0.4, 0.5) is 5.69 Å². The summed E-state index contributed by atoms with van der Waals surface area (Å²) >= 11 is 12.4. The van der Waals surface area contributed by atoms with Crippen LogP contribution >= 0.6 is 23.2 Å². The van der Waals surface area contributed by atoms with Gasteiger partial charge in [0.1, 0.15) is 17.1 Å². The van der Waals surface area contributed by atoms with Crippen LogP contribution in [-0.2, 0) is 0 Å². The number of hydrogen-bond donors (Lipinski definition) is 1. The molecular formula is C31H28Cl2N2O3. The van der Waals surface area contributed by atoms with Gasteiger partial charge in [0.15, 0.2) is 0 Å². The van der Waals surface area contributed by atoms with Crippen molar-refractivity contribution >= 4 is 34.9 Å². The smallest absolute Gasteiger partial charge is 0.339 e. The molecule has 5 nitrogen and oxygen atoms in total. The van der Waals surface area contributed by atoms with Crippen molar-refractivity contribution in [3.05, 3.63) is 112 Å². The van der Waals surface area contributed by atoms with Crippen LogP contribution in [-0.4, -0.2) is 42.2 Å². The Morgan fingerprint density at radius 3 is 2.24 bits per heavy atom. The normalized spacial score (nSPS) is 14.8. The zero-order valence-electron chi connectivity index (χ0n) is 21.0. The van der Waals surface area contributed by atoms with E-state index in [0.29, 0.717) is 10.8 Å². The molecule has 1 fully saturated rings. The molecule has 1 aliphatic heterocycles. The van der Waals surface area contributed by atoms with Crippen LogP contribution in [0.25, 0.3) is 11.1 Å². The first-order chi connectivity index (χ1) is 18.4. The molecule has 1 N–H and O–H groups in total. The first kappa shape index (κ1) is 26.1. The summed E-state index contributed by atoms with van der Waals surface area (Å²) in [6.45, 7) is 5.62. The third kappa shape index (κ3) is 5.65. The van der Waals surface area contributed by atoms with Crippen LogP contribution in [0.5, 0.6) is 11.5 Å². The molecule has 194 valence electrons. The summed E-state index contributed by atoms with van der Waals surface area (Å²) in [5, 5.41) is 10.9. The van der Waals surface area contributed by atoms with E-state index >= 15 is 0 Å². The lowest BCUT2D eigenvalue weighted by atomic mass is 9.94. The van der Waals surface area contributed by atoms with E-state index in [4.69, 9.17) is 27.9 Å². The van der Waals surface area contributed by atoms with Gasteiger partial charge >= 0.3 is 5.97 Å². The lowest BCUT2D eigenvalue weighted by Crippen LogP contribution is -2.47. The highest BCUT2D eigenvalue weighted by molar-refractivity contribution is 6.32. The standard InChI is InChI=1S/C31H28Cl2N2O3/c1-21(25-6-2-3-7-26(25)22-10-12-23(32)13-11-22)34-16-18-35(19-17-34)24-14-15-27(31(36)37)30(20-24)38-29-9-5-4-8-28(29)33/h2-15,20-21H,16-19H2,1H3,(H,36,37). The molecule has 0 bridgehead atoms. The molecule has 7 heteroatoms. The topological polar surface area (TPSA) is 53.0 Å². The molecule has 0 saturated carbocycles. The van der Waals surface area contributed by atoms with Crippen molar-refractivity contribution in [1.82, 2.24) is 4.90 Å². The molecule has 1 heterocycles. The number of anilines is 1. The minimum absolute atomic E-state index is 0.0970. The number of ether oxygens (including phenoxy) is 1. The van der Waals surface area contributed by atoms with Gasteiger partial charge in [-0.2, -0.15) is 0 Å². The van der Waals surface area contributed by atoms with E-state index in [1.165, 1.54) is 11.1 Å². The maximum atomic E-state index is 11.8. The fraction of sp³-hybridized carbons (Fsp3) is 0.194. The Hall–Kier alpha value is -3.51. The Labute approximate surface area is 232 Å². The Bertz CT molecular complexity index is 1430. The van der Waals surface area contributed by atoms with Crippen molar-refractivity contribution in [3.63, 3.8) is 0 Å². The van der Waals surface area contributed by atoms with E-state index in [-0.39, 0.29) is 17.4 Å². The second-order valence-electron chi connectivity index (χ2n) is 9.31. The van der Waals surface area contributed by atoms with E-state index in [9.17, 15) is 9.90 Å². The number of halogens is 2. The van der Waals surface area contributed by atoms with Crippen molar-refractivity contribution in [2.45, 2.75) is 13.0 Å². The Morgan fingerprint density at radius 1 is 0.842 bits per heavy atom. The minimum Gasteiger partial charge on any atom is -0.478 e. The van der Waals surface area contributed by atoms with Crippen LogP contribution in [0.3, 0.4) is 0 Å². The van der Waals surface area contributed by atoms with Crippen LogP contribution in [0, 0.1) is 0 Å². The minimum atomic E-state index is -1.04. The fourth-order valence-electron chi connectivity index (χ4n) is 4.93. The molecule has 1 saturated heterocycles. The van der Waals surface area contributed by atoms with Gasteiger partial charge in [-0.05, 0) is 60.0 Å². The molecule has 4 aromatic rings. The van der Waals surface area contributed by atoms with Crippen molar-refractivity contribution in [3.8, 4) is 22.6 Å². The van der Waals surface area contributed by atoms with Gasteiger partial charge in [-0.3, -0.25) is 4.90 Å². The van der Waals surface area contributed by atoms with Crippen LogP contribution in [0.15, 0.2) is 91.0 Å². The number of piperazine rings is 1. The average molecular weight is 547 g/mol. The molecular weight excluding hydrogens is 519 g/mol. The van der Waals surface area contributed by atoms with Gasteiger partial charge in [0, 0.05) is 49.0 Å². The molecule has 1 atom stereocenters.